The molecular formula is C28H35N5O5S. The smallest absolute Gasteiger partial charge is 0.273 e. The van der Waals surface area contributed by atoms with Crippen molar-refractivity contribution < 1.29 is 23.9 Å². The monoisotopic (exact) mass is 553 g/mol. The zero-order chi connectivity index (χ0) is 28.9. The third-order valence-electron chi connectivity index (χ3n) is 6.11. The number of nitrogen functional groups attached to an aromatic ring is 1. The Morgan fingerprint density at radius 2 is 1.67 bits per heavy atom. The van der Waals surface area contributed by atoms with Crippen LogP contribution in [-0.2, 0) is 4.79 Å². The Morgan fingerprint density at radius 1 is 1.03 bits per heavy atom. The van der Waals surface area contributed by atoms with Gasteiger partial charge in [-0.1, -0.05) is 26.0 Å². The van der Waals surface area contributed by atoms with Crippen LogP contribution in [0.25, 0.3) is 0 Å². The lowest BCUT2D eigenvalue weighted by Crippen LogP contribution is -2.44. The highest BCUT2D eigenvalue weighted by atomic mass is 32.1. The van der Waals surface area contributed by atoms with Crippen molar-refractivity contribution >= 4 is 40.6 Å². The van der Waals surface area contributed by atoms with E-state index >= 15 is 0 Å². The van der Waals surface area contributed by atoms with Gasteiger partial charge in [0.2, 0.25) is 5.91 Å². The number of primary amides is 1. The molecule has 11 heteroatoms. The minimum absolute atomic E-state index is 0.00316. The third kappa shape index (κ3) is 6.66. The highest BCUT2D eigenvalue weighted by molar-refractivity contribution is 7.09. The van der Waals surface area contributed by atoms with E-state index in [0.29, 0.717) is 35.2 Å². The number of carbonyl (C=O) groups is 3. The first-order valence-corrected chi connectivity index (χ1v) is 13.2. The van der Waals surface area contributed by atoms with Gasteiger partial charge < -0.3 is 26.3 Å². The van der Waals surface area contributed by atoms with Crippen molar-refractivity contribution in [2.24, 2.45) is 11.7 Å². The maximum Gasteiger partial charge on any atom is 0.273 e. The van der Waals surface area contributed by atoms with E-state index in [1.807, 2.05) is 32.0 Å². The molecule has 3 rings (SSSR count). The van der Waals surface area contributed by atoms with E-state index in [2.05, 4.69) is 23.5 Å². The Labute approximate surface area is 232 Å². The van der Waals surface area contributed by atoms with E-state index in [-0.39, 0.29) is 16.3 Å². The number of carbonyl (C=O) groups excluding carboxylic acids is 3. The molecule has 10 nitrogen and oxygen atoms in total. The molecule has 0 aliphatic heterocycles. The average molecular weight is 554 g/mol. The van der Waals surface area contributed by atoms with Crippen molar-refractivity contribution in [2.45, 2.75) is 40.2 Å². The second-order valence-corrected chi connectivity index (χ2v) is 10.4. The molecule has 1 aromatic heterocycles. The van der Waals surface area contributed by atoms with Gasteiger partial charge in [-0.2, -0.15) is 4.37 Å². The molecule has 3 amide bonds. The molecule has 208 valence electrons. The van der Waals surface area contributed by atoms with Gasteiger partial charge in [-0.05, 0) is 78.7 Å². The Morgan fingerprint density at radius 3 is 2.21 bits per heavy atom. The Bertz CT molecular complexity index is 1350. The van der Waals surface area contributed by atoms with Crippen molar-refractivity contribution in [2.75, 3.05) is 31.4 Å². The molecule has 0 saturated carbocycles. The number of benzene rings is 2. The van der Waals surface area contributed by atoms with Gasteiger partial charge in [0.25, 0.3) is 11.8 Å². The Balaban J connectivity index is 2.26. The number of hydrogen-bond donors (Lipinski definition) is 3. The molecule has 3 aromatic rings. The number of anilines is 2. The molecule has 0 aliphatic carbocycles. The summed E-state index contributed by atoms with van der Waals surface area (Å²) in [5.74, 6) is -0.594. The van der Waals surface area contributed by atoms with Crippen molar-refractivity contribution in [1.82, 2.24) is 9.69 Å². The van der Waals surface area contributed by atoms with Gasteiger partial charge in [-0.25, -0.2) is 0 Å². The van der Waals surface area contributed by atoms with E-state index in [4.69, 9.17) is 20.9 Å². The summed E-state index contributed by atoms with van der Waals surface area (Å²) in [6.07, 6.45) is 0.756. The molecule has 39 heavy (non-hydrogen) atoms. The average Bonchev–Trinajstić information content (AvgIpc) is 3.27. The number of aromatic nitrogens is 1. The molecule has 1 heterocycles. The number of rotatable bonds is 11. The van der Waals surface area contributed by atoms with E-state index in [0.717, 1.165) is 29.1 Å². The van der Waals surface area contributed by atoms with Crippen LogP contribution >= 0.6 is 11.5 Å². The van der Waals surface area contributed by atoms with Crippen LogP contribution < -0.4 is 31.2 Å². The van der Waals surface area contributed by atoms with E-state index in [9.17, 15) is 14.4 Å². The minimum Gasteiger partial charge on any atom is -0.493 e. The lowest BCUT2D eigenvalue weighted by molar-refractivity contribution is -0.122. The number of amides is 3. The number of methoxy groups -OCH3 is 2. The first-order chi connectivity index (χ1) is 18.5. The largest absolute Gasteiger partial charge is 0.493 e. The summed E-state index contributed by atoms with van der Waals surface area (Å²) >= 11 is 0.760. The quantitative estimate of drug-likeness (QED) is 0.325. The first-order valence-electron chi connectivity index (χ1n) is 12.4. The standard InChI is InChI=1S/C28H35N5O5S/c1-15(2)9-10-31-27(35)24(18-7-8-20(37-5)21(14-18)38-6)33(19-12-16(3)11-17(4)13-19)28(36)25-22(29)23(26(30)34)32-39-25/h7-8,11-15,24H,9-10,29H2,1-6H3,(H2,30,34)(H,31,35). The summed E-state index contributed by atoms with van der Waals surface area (Å²) in [5, 5.41) is 2.98. The summed E-state index contributed by atoms with van der Waals surface area (Å²) in [5.41, 5.74) is 14.0. The second-order valence-electron chi connectivity index (χ2n) is 9.65. The lowest BCUT2D eigenvalue weighted by atomic mass is 10.0. The van der Waals surface area contributed by atoms with Crippen LogP contribution in [0, 0.1) is 19.8 Å². The van der Waals surface area contributed by atoms with Crippen molar-refractivity contribution in [3.8, 4) is 11.5 Å². The SMILES string of the molecule is COc1ccc(C(C(=O)NCCC(C)C)N(C(=O)c2snc(C(N)=O)c2N)c2cc(C)cc(C)c2)cc1OC. The molecular weight excluding hydrogens is 518 g/mol. The van der Waals surface area contributed by atoms with Gasteiger partial charge in [0.05, 0.1) is 19.9 Å². The Kier molecular flexibility index (Phi) is 9.52. The van der Waals surface area contributed by atoms with Crippen LogP contribution in [0.3, 0.4) is 0 Å². The molecule has 0 spiro atoms. The van der Waals surface area contributed by atoms with Crippen LogP contribution in [0.5, 0.6) is 11.5 Å². The lowest BCUT2D eigenvalue weighted by Gasteiger charge is -2.32. The van der Waals surface area contributed by atoms with Crippen LogP contribution in [0.15, 0.2) is 36.4 Å². The third-order valence-corrected chi connectivity index (χ3v) is 6.96. The first kappa shape index (κ1) is 29.4. The molecule has 0 saturated heterocycles. The summed E-state index contributed by atoms with van der Waals surface area (Å²) < 4.78 is 14.9. The molecule has 0 aliphatic rings. The zero-order valence-corrected chi connectivity index (χ0v) is 23.8. The fourth-order valence-electron chi connectivity index (χ4n) is 4.23. The summed E-state index contributed by atoms with van der Waals surface area (Å²) in [6, 6.07) is 9.52. The van der Waals surface area contributed by atoms with Gasteiger partial charge in [-0.15, -0.1) is 0 Å². The number of nitrogens with zero attached hydrogens (tertiary/aromatic N) is 2. The molecule has 2 aromatic carbocycles. The molecule has 5 N–H and O–H groups in total. The maximum absolute atomic E-state index is 14.2. The van der Waals surface area contributed by atoms with Gasteiger partial charge in [-0.3, -0.25) is 19.3 Å². The van der Waals surface area contributed by atoms with Gasteiger partial charge in [0.15, 0.2) is 17.2 Å². The normalized spacial score (nSPS) is 11.7. The fraction of sp³-hybridized carbons (Fsp3) is 0.357. The fourth-order valence-corrected chi connectivity index (χ4v) is 4.98. The second kappa shape index (κ2) is 12.6. The highest BCUT2D eigenvalue weighted by Crippen LogP contribution is 2.37. The van der Waals surface area contributed by atoms with Crippen molar-refractivity contribution in [3.05, 3.63) is 63.7 Å². The topological polar surface area (TPSA) is 150 Å². The highest BCUT2D eigenvalue weighted by Gasteiger charge is 2.36. The predicted octanol–water partition coefficient (Wildman–Crippen LogP) is 4.01. The van der Waals surface area contributed by atoms with E-state index in [1.165, 1.54) is 19.1 Å². The van der Waals surface area contributed by atoms with Crippen LogP contribution in [0.1, 0.15) is 63.2 Å². The molecule has 0 bridgehead atoms. The molecule has 1 atom stereocenters. The summed E-state index contributed by atoms with van der Waals surface area (Å²) in [6.45, 7) is 8.35. The van der Waals surface area contributed by atoms with Crippen molar-refractivity contribution in [1.29, 1.82) is 0 Å². The zero-order valence-electron chi connectivity index (χ0n) is 23.0. The van der Waals surface area contributed by atoms with Crippen LogP contribution in [0.4, 0.5) is 11.4 Å². The minimum atomic E-state index is -1.12. The summed E-state index contributed by atoms with van der Waals surface area (Å²) in [4.78, 5) is 41.3. The van der Waals surface area contributed by atoms with Gasteiger partial charge in [0.1, 0.15) is 10.9 Å². The molecule has 1 unspecified atom stereocenters. The van der Waals surface area contributed by atoms with Crippen LogP contribution in [-0.4, -0.2) is 42.9 Å². The van der Waals surface area contributed by atoms with Gasteiger partial charge in [0, 0.05) is 12.2 Å². The number of hydrogen-bond acceptors (Lipinski definition) is 8. The predicted molar refractivity (Wildman–Crippen MR) is 153 cm³/mol. The number of nitrogens with two attached hydrogens (primary N) is 2. The number of ether oxygens (including phenoxy) is 2. The number of nitrogens with one attached hydrogen (secondary N) is 1. The molecule has 0 fully saturated rings. The van der Waals surface area contributed by atoms with E-state index < -0.39 is 23.8 Å². The summed E-state index contributed by atoms with van der Waals surface area (Å²) in [7, 11) is 3.01. The number of aryl methyl sites for hydroxylation is 2. The van der Waals surface area contributed by atoms with Crippen molar-refractivity contribution in [3.63, 3.8) is 0 Å². The van der Waals surface area contributed by atoms with Crippen LogP contribution in [0.2, 0.25) is 0 Å². The van der Waals surface area contributed by atoms with Gasteiger partial charge >= 0.3 is 0 Å². The maximum atomic E-state index is 14.2. The molecule has 0 radical (unpaired) electrons. The van der Waals surface area contributed by atoms with E-state index in [1.54, 1.807) is 18.2 Å². The Hall–Kier alpha value is -4.12.